The Morgan fingerprint density at radius 3 is 2.81 bits per heavy atom. The van der Waals surface area contributed by atoms with Gasteiger partial charge in [-0.05, 0) is 18.9 Å². The zero-order chi connectivity index (χ0) is 14.7. The third-order valence-electron chi connectivity index (χ3n) is 4.72. The summed E-state index contributed by atoms with van der Waals surface area (Å²) in [6, 6.07) is 3.04. The summed E-state index contributed by atoms with van der Waals surface area (Å²) in [5.74, 6) is 2.51. The highest BCUT2D eigenvalue weighted by Gasteiger charge is 2.28. The lowest BCUT2D eigenvalue weighted by Crippen LogP contribution is -2.42. The van der Waals surface area contributed by atoms with Crippen molar-refractivity contribution in [2.45, 2.75) is 68.0 Å². The van der Waals surface area contributed by atoms with E-state index in [0.29, 0.717) is 16.5 Å². The topological polar surface area (TPSA) is 43.8 Å². The van der Waals surface area contributed by atoms with Gasteiger partial charge in [-0.15, -0.1) is 0 Å². The van der Waals surface area contributed by atoms with Crippen molar-refractivity contribution in [3.63, 3.8) is 0 Å². The minimum Gasteiger partial charge on any atom is -0.326 e. The summed E-state index contributed by atoms with van der Waals surface area (Å²) in [5, 5.41) is 6.05. The van der Waals surface area contributed by atoms with Crippen molar-refractivity contribution in [2.75, 3.05) is 11.5 Å². The first kappa shape index (κ1) is 15.8. The van der Waals surface area contributed by atoms with Crippen molar-refractivity contribution in [3.05, 3.63) is 18.0 Å². The number of nitrogens with zero attached hydrogens (tertiary/aromatic N) is 2. The summed E-state index contributed by atoms with van der Waals surface area (Å²) in [6.07, 6.45) is 9.77. The van der Waals surface area contributed by atoms with Crippen LogP contribution in [0.15, 0.2) is 12.3 Å². The maximum atomic E-state index is 6.48. The molecule has 0 spiro atoms. The maximum absolute atomic E-state index is 6.48. The minimum atomic E-state index is 0.229. The average Bonchev–Trinajstić information content (AvgIpc) is 2.97. The lowest BCUT2D eigenvalue weighted by Gasteiger charge is -2.32. The Morgan fingerprint density at radius 2 is 2.05 bits per heavy atom. The van der Waals surface area contributed by atoms with Gasteiger partial charge in [-0.1, -0.05) is 26.2 Å². The third kappa shape index (κ3) is 3.99. The fourth-order valence-electron chi connectivity index (χ4n) is 3.51. The molecule has 118 valence electrons. The van der Waals surface area contributed by atoms with Gasteiger partial charge in [0.05, 0.1) is 11.7 Å². The Hall–Kier alpha value is -0.130. The smallest absolute Gasteiger partial charge is 0.0640 e. The Labute approximate surface area is 136 Å². The Bertz CT molecular complexity index is 442. The zero-order valence-electron chi connectivity index (χ0n) is 12.9. The highest BCUT2D eigenvalue weighted by molar-refractivity contribution is 8.07. The second-order valence-corrected chi connectivity index (χ2v) is 9.13. The fourth-order valence-corrected chi connectivity index (χ4v) is 6.40. The molecule has 21 heavy (non-hydrogen) atoms. The molecule has 2 aliphatic rings. The van der Waals surface area contributed by atoms with Gasteiger partial charge in [0.2, 0.25) is 0 Å². The molecule has 2 fully saturated rings. The van der Waals surface area contributed by atoms with Gasteiger partial charge in [-0.2, -0.15) is 28.6 Å². The van der Waals surface area contributed by atoms with E-state index in [0.717, 1.165) is 6.42 Å². The first-order chi connectivity index (χ1) is 10.2. The molecule has 2 heterocycles. The lowest BCUT2D eigenvalue weighted by atomic mass is 9.96. The van der Waals surface area contributed by atoms with E-state index in [2.05, 4.69) is 47.4 Å². The van der Waals surface area contributed by atoms with Crippen molar-refractivity contribution in [2.24, 2.45) is 5.73 Å². The van der Waals surface area contributed by atoms with Crippen LogP contribution in [0.4, 0.5) is 0 Å². The van der Waals surface area contributed by atoms with Crippen molar-refractivity contribution < 1.29 is 0 Å². The molecular weight excluding hydrogens is 298 g/mol. The standard InChI is InChI=1S/C16H27N3S2/c1-12-16(21-10-9-20-12)15(17)11-13-7-8-19(18-13)14-5-3-2-4-6-14/h7-8,12,14-16H,2-6,9-11,17H2,1H3. The van der Waals surface area contributed by atoms with E-state index in [1.54, 1.807) is 0 Å². The number of hydrogen-bond acceptors (Lipinski definition) is 4. The summed E-state index contributed by atoms with van der Waals surface area (Å²) in [4.78, 5) is 0. The molecule has 0 amide bonds. The molecule has 5 heteroatoms. The molecule has 3 atom stereocenters. The molecular formula is C16H27N3S2. The molecule has 3 unspecified atom stereocenters. The van der Waals surface area contributed by atoms with Gasteiger partial charge < -0.3 is 5.73 Å². The van der Waals surface area contributed by atoms with Gasteiger partial charge in [0, 0.05) is 40.7 Å². The highest BCUT2D eigenvalue weighted by atomic mass is 32.2. The largest absolute Gasteiger partial charge is 0.326 e. The lowest BCUT2D eigenvalue weighted by molar-refractivity contribution is 0.327. The van der Waals surface area contributed by atoms with Crippen LogP contribution in [0.2, 0.25) is 0 Å². The summed E-state index contributed by atoms with van der Waals surface area (Å²) in [7, 11) is 0. The van der Waals surface area contributed by atoms with Crippen LogP contribution in [-0.4, -0.2) is 37.8 Å². The van der Waals surface area contributed by atoms with Crippen LogP contribution in [0.5, 0.6) is 0 Å². The van der Waals surface area contributed by atoms with Crippen molar-refractivity contribution in [1.29, 1.82) is 0 Å². The molecule has 1 saturated heterocycles. The van der Waals surface area contributed by atoms with Crippen LogP contribution >= 0.6 is 23.5 Å². The van der Waals surface area contributed by atoms with E-state index in [9.17, 15) is 0 Å². The SMILES string of the molecule is CC1SCCSC1C(N)Cc1ccn(C2CCCCC2)n1. The second-order valence-electron chi connectivity index (χ2n) is 6.36. The molecule has 1 aromatic heterocycles. The van der Waals surface area contributed by atoms with Crippen molar-refractivity contribution >= 4 is 23.5 Å². The molecule has 0 radical (unpaired) electrons. The third-order valence-corrected chi connectivity index (χ3v) is 7.99. The van der Waals surface area contributed by atoms with Crippen LogP contribution in [0.1, 0.15) is 50.8 Å². The van der Waals surface area contributed by atoms with Crippen LogP contribution in [0.3, 0.4) is 0 Å². The molecule has 1 aliphatic heterocycles. The van der Waals surface area contributed by atoms with E-state index in [1.165, 1.54) is 49.3 Å². The Kier molecular flexibility index (Phi) is 5.57. The molecule has 2 N–H and O–H groups in total. The van der Waals surface area contributed by atoms with E-state index < -0.39 is 0 Å². The molecule has 3 nitrogen and oxygen atoms in total. The van der Waals surface area contributed by atoms with Crippen LogP contribution in [0, 0.1) is 0 Å². The van der Waals surface area contributed by atoms with E-state index in [4.69, 9.17) is 10.8 Å². The molecule has 3 rings (SSSR count). The molecule has 1 aromatic rings. The zero-order valence-corrected chi connectivity index (χ0v) is 14.5. The Balaban J connectivity index is 1.58. The van der Waals surface area contributed by atoms with Crippen molar-refractivity contribution in [1.82, 2.24) is 9.78 Å². The second kappa shape index (κ2) is 7.42. The van der Waals surface area contributed by atoms with Gasteiger partial charge in [-0.25, -0.2) is 0 Å². The predicted molar refractivity (Wildman–Crippen MR) is 94.2 cm³/mol. The van der Waals surface area contributed by atoms with Gasteiger partial charge in [0.1, 0.15) is 0 Å². The molecule has 0 bridgehead atoms. The molecule has 1 saturated carbocycles. The van der Waals surface area contributed by atoms with E-state index >= 15 is 0 Å². The van der Waals surface area contributed by atoms with E-state index in [1.807, 2.05) is 0 Å². The first-order valence-corrected chi connectivity index (χ1v) is 10.4. The number of aromatic nitrogens is 2. The number of rotatable bonds is 4. The quantitative estimate of drug-likeness (QED) is 0.920. The number of hydrogen-bond donors (Lipinski definition) is 1. The highest BCUT2D eigenvalue weighted by Crippen LogP contribution is 2.33. The predicted octanol–water partition coefficient (Wildman–Crippen LogP) is 3.50. The van der Waals surface area contributed by atoms with Gasteiger partial charge >= 0.3 is 0 Å². The average molecular weight is 326 g/mol. The maximum Gasteiger partial charge on any atom is 0.0640 e. The van der Waals surface area contributed by atoms with Gasteiger partial charge in [0.25, 0.3) is 0 Å². The minimum absolute atomic E-state index is 0.229. The van der Waals surface area contributed by atoms with Crippen LogP contribution in [0.25, 0.3) is 0 Å². The molecule has 0 aromatic carbocycles. The van der Waals surface area contributed by atoms with Crippen LogP contribution in [-0.2, 0) is 6.42 Å². The number of thioether (sulfide) groups is 2. The summed E-state index contributed by atoms with van der Waals surface area (Å²) in [5.41, 5.74) is 7.65. The first-order valence-electron chi connectivity index (χ1n) is 8.27. The molecule has 1 aliphatic carbocycles. The number of nitrogens with two attached hydrogens (primary N) is 1. The fraction of sp³-hybridized carbons (Fsp3) is 0.812. The van der Waals surface area contributed by atoms with Gasteiger partial charge in [0.15, 0.2) is 0 Å². The summed E-state index contributed by atoms with van der Waals surface area (Å²) >= 11 is 4.12. The van der Waals surface area contributed by atoms with E-state index in [-0.39, 0.29) is 6.04 Å². The van der Waals surface area contributed by atoms with Crippen LogP contribution < -0.4 is 5.73 Å². The summed E-state index contributed by atoms with van der Waals surface area (Å²) in [6.45, 7) is 2.32. The normalized spacial score (nSPS) is 29.4. The monoisotopic (exact) mass is 325 g/mol. The summed E-state index contributed by atoms with van der Waals surface area (Å²) < 4.78 is 2.20. The van der Waals surface area contributed by atoms with Gasteiger partial charge in [-0.3, -0.25) is 4.68 Å². The Morgan fingerprint density at radius 1 is 1.29 bits per heavy atom. The van der Waals surface area contributed by atoms with Crippen molar-refractivity contribution in [3.8, 4) is 0 Å².